The molecule has 0 amide bonds. The van der Waals surface area contributed by atoms with Gasteiger partial charge in [0.05, 0.1) is 16.0 Å². The zero-order valence-electron chi connectivity index (χ0n) is 18.2. The molecule has 4 aliphatic rings. The predicted molar refractivity (Wildman–Crippen MR) is 132 cm³/mol. The molecule has 1 aromatic carbocycles. The Hall–Kier alpha value is -1.10. The quantitative estimate of drug-likeness (QED) is 0.310. The molecule has 6 rings (SSSR count). The third-order valence-electron chi connectivity index (χ3n) is 7.86. The standard InChI is InChI=1S/C23H28IN5OS/c1-21(2)16-6-4-5-15-13-23(18(17(15)16)27-31(21)30)7-10-28(11-8-23)20-26-14-22(3,24)19-25-9-12-29(19)20/h4-6,9,12,18,27H,7-8,10-11,13-14H2,1-3H3/t18-,22?,31?/m1/s1. The molecule has 1 fully saturated rings. The number of aliphatic imine (C=N–C) groups is 1. The molecule has 1 aliphatic carbocycles. The number of piperidine rings is 1. The Balaban J connectivity index is 1.29. The summed E-state index contributed by atoms with van der Waals surface area (Å²) < 4.78 is 18.4. The number of fused-ring (bicyclic) bond motifs is 2. The molecule has 31 heavy (non-hydrogen) atoms. The maximum absolute atomic E-state index is 13.1. The van der Waals surface area contributed by atoms with Crippen LogP contribution in [0.25, 0.3) is 0 Å². The summed E-state index contributed by atoms with van der Waals surface area (Å²) in [5, 5.41) is 0. The van der Waals surface area contributed by atoms with E-state index < -0.39 is 11.4 Å². The van der Waals surface area contributed by atoms with Gasteiger partial charge in [0, 0.05) is 47.8 Å². The van der Waals surface area contributed by atoms with Gasteiger partial charge in [-0.15, -0.1) is 4.72 Å². The molecule has 6 nitrogen and oxygen atoms in total. The van der Waals surface area contributed by atoms with Gasteiger partial charge >= 0.3 is 0 Å². The number of likely N-dealkylation sites (tertiary alicyclic amines) is 1. The normalized spacial score (nSPS) is 32.5. The molecule has 1 saturated heterocycles. The van der Waals surface area contributed by atoms with Crippen molar-refractivity contribution in [3.63, 3.8) is 0 Å². The van der Waals surface area contributed by atoms with Gasteiger partial charge in [0.25, 0.3) is 0 Å². The molecule has 3 atom stereocenters. The van der Waals surface area contributed by atoms with Crippen molar-refractivity contribution in [3.8, 4) is 0 Å². The molecule has 1 aromatic heterocycles. The van der Waals surface area contributed by atoms with Crippen LogP contribution in [0.1, 0.15) is 62.2 Å². The van der Waals surface area contributed by atoms with Crippen LogP contribution in [-0.2, 0) is 26.0 Å². The summed E-state index contributed by atoms with van der Waals surface area (Å²) in [6.45, 7) is 9.08. The maximum Gasteiger partial charge on any atom is 0.206 e. The van der Waals surface area contributed by atoms with Crippen LogP contribution in [-0.4, -0.2) is 44.6 Å². The van der Waals surface area contributed by atoms with E-state index in [2.05, 4.69) is 80.7 Å². The van der Waals surface area contributed by atoms with Crippen molar-refractivity contribution in [2.75, 3.05) is 19.6 Å². The van der Waals surface area contributed by atoms with E-state index in [9.17, 15) is 4.55 Å². The number of hydrogen-bond donors (Lipinski definition) is 1. The van der Waals surface area contributed by atoms with Crippen LogP contribution in [0.3, 0.4) is 0 Å². The van der Waals surface area contributed by atoms with Crippen LogP contribution in [0.5, 0.6) is 0 Å². The molecule has 2 unspecified atom stereocenters. The average molecular weight is 549 g/mol. The minimum Gasteiger partial charge on any atom is -0.597 e. The number of nitrogens with one attached hydrogen (secondary N) is 1. The summed E-state index contributed by atoms with van der Waals surface area (Å²) in [5.74, 6) is 2.12. The van der Waals surface area contributed by atoms with E-state index in [1.807, 2.05) is 12.4 Å². The van der Waals surface area contributed by atoms with Crippen LogP contribution < -0.4 is 4.72 Å². The molecule has 1 N–H and O–H groups in total. The maximum atomic E-state index is 13.1. The molecule has 1 spiro atoms. The molecule has 0 saturated carbocycles. The van der Waals surface area contributed by atoms with Gasteiger partial charge in [0.2, 0.25) is 5.96 Å². The summed E-state index contributed by atoms with van der Waals surface area (Å²) in [6.07, 6.45) is 7.14. The lowest BCUT2D eigenvalue weighted by atomic mass is 9.72. The Bertz CT molecular complexity index is 1090. The van der Waals surface area contributed by atoms with E-state index in [4.69, 9.17) is 4.99 Å². The van der Waals surface area contributed by atoms with E-state index in [0.717, 1.165) is 50.7 Å². The topological polar surface area (TPSA) is 68.5 Å². The van der Waals surface area contributed by atoms with Crippen molar-refractivity contribution in [2.45, 2.75) is 54.2 Å². The summed E-state index contributed by atoms with van der Waals surface area (Å²) in [6, 6.07) is 6.81. The zero-order valence-corrected chi connectivity index (χ0v) is 21.2. The van der Waals surface area contributed by atoms with E-state index in [0.29, 0.717) is 0 Å². The molecule has 0 radical (unpaired) electrons. The van der Waals surface area contributed by atoms with Crippen LogP contribution >= 0.6 is 22.6 Å². The van der Waals surface area contributed by atoms with Crippen molar-refractivity contribution in [2.24, 2.45) is 10.4 Å². The number of halogens is 1. The lowest BCUT2D eigenvalue weighted by Crippen LogP contribution is -2.54. The summed E-state index contributed by atoms with van der Waals surface area (Å²) in [7, 11) is 0. The minimum atomic E-state index is -1.08. The number of aromatic nitrogens is 2. The highest BCUT2D eigenvalue weighted by Crippen LogP contribution is 2.57. The fourth-order valence-corrected chi connectivity index (χ4v) is 7.87. The highest BCUT2D eigenvalue weighted by molar-refractivity contribution is 14.1. The smallest absolute Gasteiger partial charge is 0.206 e. The van der Waals surface area contributed by atoms with Gasteiger partial charge in [-0.25, -0.2) is 4.98 Å². The average Bonchev–Trinajstić information content (AvgIpc) is 3.33. The van der Waals surface area contributed by atoms with Gasteiger partial charge in [-0.05, 0) is 51.2 Å². The minimum absolute atomic E-state index is 0.0614. The number of rotatable bonds is 0. The molecule has 0 bridgehead atoms. The predicted octanol–water partition coefficient (Wildman–Crippen LogP) is 3.63. The first-order chi connectivity index (χ1) is 14.7. The molecule has 4 heterocycles. The highest BCUT2D eigenvalue weighted by Gasteiger charge is 2.56. The van der Waals surface area contributed by atoms with E-state index in [-0.39, 0.29) is 19.6 Å². The third kappa shape index (κ3) is 2.83. The Morgan fingerprint density at radius 3 is 2.77 bits per heavy atom. The van der Waals surface area contributed by atoms with Crippen LogP contribution in [0.15, 0.2) is 35.6 Å². The van der Waals surface area contributed by atoms with Crippen molar-refractivity contribution in [1.82, 2.24) is 19.2 Å². The molecule has 164 valence electrons. The number of hydrogen-bond acceptors (Lipinski definition) is 5. The molecule has 2 aromatic rings. The van der Waals surface area contributed by atoms with E-state index in [1.165, 1.54) is 16.7 Å². The van der Waals surface area contributed by atoms with Gasteiger partial charge in [0.15, 0.2) is 4.75 Å². The Kier molecular flexibility index (Phi) is 4.44. The van der Waals surface area contributed by atoms with Gasteiger partial charge in [-0.2, -0.15) is 0 Å². The Morgan fingerprint density at radius 1 is 1.23 bits per heavy atom. The second-order valence-electron chi connectivity index (χ2n) is 10.2. The van der Waals surface area contributed by atoms with E-state index >= 15 is 0 Å². The summed E-state index contributed by atoms with van der Waals surface area (Å²) >= 11 is 1.38. The first-order valence-corrected chi connectivity index (χ1v) is 13.3. The fraction of sp³-hybridized carbons (Fsp3) is 0.565. The second kappa shape index (κ2) is 6.71. The Morgan fingerprint density at radius 2 is 2.00 bits per heavy atom. The van der Waals surface area contributed by atoms with E-state index in [1.54, 1.807) is 0 Å². The Labute approximate surface area is 200 Å². The highest BCUT2D eigenvalue weighted by atomic mass is 127. The third-order valence-corrected chi connectivity index (χ3v) is 10.3. The van der Waals surface area contributed by atoms with Gasteiger partial charge < -0.3 is 9.45 Å². The molecule has 3 aliphatic heterocycles. The fourth-order valence-electron chi connectivity index (χ4n) is 6.05. The summed E-state index contributed by atoms with van der Waals surface area (Å²) in [5.41, 5.74) is 4.27. The first kappa shape index (κ1) is 20.5. The van der Waals surface area contributed by atoms with Crippen molar-refractivity contribution in [3.05, 3.63) is 53.1 Å². The van der Waals surface area contributed by atoms with Gasteiger partial charge in [-0.1, -0.05) is 40.8 Å². The molecular formula is C23H28IN5OS. The zero-order chi connectivity index (χ0) is 21.6. The van der Waals surface area contributed by atoms with Crippen molar-refractivity contribution < 1.29 is 4.55 Å². The van der Waals surface area contributed by atoms with Crippen LogP contribution in [0.4, 0.5) is 0 Å². The number of alkyl halides is 1. The second-order valence-corrected chi connectivity index (χ2v) is 14.3. The monoisotopic (exact) mass is 549 g/mol. The number of benzene rings is 1. The SMILES string of the molecule is CC1(I)CN=C(N2CCC3(CC2)Cc2cccc4c2[C@H]3N[S+]([O-])C4(C)C)n2ccnc21. The van der Waals surface area contributed by atoms with Gasteiger partial charge in [0.1, 0.15) is 5.82 Å². The summed E-state index contributed by atoms with van der Waals surface area (Å²) in [4.78, 5) is 12.0. The van der Waals surface area contributed by atoms with Gasteiger partial charge in [-0.3, -0.25) is 9.56 Å². The molecule has 8 heteroatoms. The van der Waals surface area contributed by atoms with Crippen LogP contribution in [0.2, 0.25) is 0 Å². The first-order valence-electron chi connectivity index (χ1n) is 11.1. The largest absolute Gasteiger partial charge is 0.597 e. The van der Waals surface area contributed by atoms with Crippen molar-refractivity contribution in [1.29, 1.82) is 0 Å². The molecular weight excluding hydrogens is 521 g/mol. The van der Waals surface area contributed by atoms with Crippen molar-refractivity contribution >= 4 is 39.9 Å². The number of imidazole rings is 1. The van der Waals surface area contributed by atoms with Crippen LogP contribution in [0, 0.1) is 5.41 Å². The lowest BCUT2D eigenvalue weighted by Gasteiger charge is -2.47. The lowest BCUT2D eigenvalue weighted by molar-refractivity contribution is 0.116. The number of nitrogens with zero attached hydrogens (tertiary/aromatic N) is 4.